The van der Waals surface area contributed by atoms with E-state index in [0.29, 0.717) is 17.8 Å². The van der Waals surface area contributed by atoms with Crippen molar-refractivity contribution in [2.45, 2.75) is 33.3 Å². The van der Waals surface area contributed by atoms with Crippen LogP contribution < -0.4 is 5.73 Å². The maximum absolute atomic E-state index is 12.1. The Morgan fingerprint density at radius 2 is 1.86 bits per heavy atom. The first-order valence-electron chi connectivity index (χ1n) is 8.70. The monoisotopic (exact) mass is 383 g/mol. The summed E-state index contributed by atoms with van der Waals surface area (Å²) in [6.45, 7) is 3.88. The highest BCUT2D eigenvalue weighted by Crippen LogP contribution is 2.16. The molecule has 2 N–H and O–H groups in total. The van der Waals surface area contributed by atoms with E-state index in [1.807, 2.05) is 13.8 Å². The van der Waals surface area contributed by atoms with Crippen molar-refractivity contribution in [2.75, 3.05) is 12.8 Å². The Morgan fingerprint density at radius 1 is 1.14 bits per heavy atom. The highest BCUT2D eigenvalue weighted by atomic mass is 16.5. The van der Waals surface area contributed by atoms with Gasteiger partial charge in [0.15, 0.2) is 0 Å². The van der Waals surface area contributed by atoms with Crippen LogP contribution in [-0.2, 0) is 27.3 Å². The summed E-state index contributed by atoms with van der Waals surface area (Å²) < 4.78 is 11.5. The molecule has 0 aliphatic heterocycles. The van der Waals surface area contributed by atoms with Crippen LogP contribution in [-0.4, -0.2) is 38.6 Å². The van der Waals surface area contributed by atoms with Crippen LogP contribution in [0.15, 0.2) is 24.3 Å². The fraction of sp³-hybridized carbons (Fsp3) is 0.316. The number of nitrogens with zero attached hydrogens (tertiary/aromatic N) is 4. The second kappa shape index (κ2) is 8.03. The molecular formula is C19H21N5O4. The SMILES string of the molecule is COC(=O)c1ccc(COC(=O)CCc2c(C)nc3nc(N)nn3c2C)cc1. The molecule has 0 aliphatic rings. The van der Waals surface area contributed by atoms with E-state index in [1.165, 1.54) is 7.11 Å². The van der Waals surface area contributed by atoms with Crippen LogP contribution in [0.1, 0.15) is 39.3 Å². The van der Waals surface area contributed by atoms with Gasteiger partial charge in [0, 0.05) is 17.8 Å². The molecule has 9 nitrogen and oxygen atoms in total. The molecule has 0 saturated heterocycles. The largest absolute Gasteiger partial charge is 0.465 e. The molecule has 0 atom stereocenters. The van der Waals surface area contributed by atoms with Crippen LogP contribution in [0, 0.1) is 13.8 Å². The lowest BCUT2D eigenvalue weighted by molar-refractivity contribution is -0.144. The predicted molar refractivity (Wildman–Crippen MR) is 101 cm³/mol. The fourth-order valence-electron chi connectivity index (χ4n) is 2.90. The van der Waals surface area contributed by atoms with Gasteiger partial charge in [0.05, 0.1) is 12.7 Å². The third kappa shape index (κ3) is 4.08. The number of carbonyl (C=O) groups is 2. The number of fused-ring (bicyclic) bond motifs is 1. The molecule has 3 rings (SSSR count). The molecule has 0 amide bonds. The number of methoxy groups -OCH3 is 1. The molecule has 0 bridgehead atoms. The van der Waals surface area contributed by atoms with E-state index in [0.717, 1.165) is 22.5 Å². The number of benzene rings is 1. The topological polar surface area (TPSA) is 122 Å². The van der Waals surface area contributed by atoms with Crippen molar-refractivity contribution in [3.63, 3.8) is 0 Å². The number of anilines is 1. The molecule has 1 aromatic carbocycles. The number of aromatic nitrogens is 4. The number of nitrogens with two attached hydrogens (primary N) is 1. The van der Waals surface area contributed by atoms with Crippen molar-refractivity contribution >= 4 is 23.7 Å². The van der Waals surface area contributed by atoms with Gasteiger partial charge in [-0.3, -0.25) is 4.79 Å². The van der Waals surface area contributed by atoms with Crippen LogP contribution in [0.4, 0.5) is 5.95 Å². The highest BCUT2D eigenvalue weighted by molar-refractivity contribution is 5.89. The van der Waals surface area contributed by atoms with Crippen molar-refractivity contribution in [1.82, 2.24) is 19.6 Å². The molecule has 146 valence electrons. The number of hydrogen-bond donors (Lipinski definition) is 1. The average molecular weight is 383 g/mol. The first kappa shape index (κ1) is 19.3. The molecule has 0 unspecified atom stereocenters. The lowest BCUT2D eigenvalue weighted by atomic mass is 10.1. The second-order valence-electron chi connectivity index (χ2n) is 6.29. The second-order valence-corrected chi connectivity index (χ2v) is 6.29. The zero-order valence-electron chi connectivity index (χ0n) is 15.9. The van der Waals surface area contributed by atoms with Gasteiger partial charge in [-0.2, -0.15) is 9.50 Å². The van der Waals surface area contributed by atoms with E-state index in [9.17, 15) is 9.59 Å². The van der Waals surface area contributed by atoms with Crippen molar-refractivity contribution in [3.05, 3.63) is 52.3 Å². The Hall–Kier alpha value is -3.49. The molecule has 0 spiro atoms. The highest BCUT2D eigenvalue weighted by Gasteiger charge is 2.14. The van der Waals surface area contributed by atoms with E-state index in [1.54, 1.807) is 28.8 Å². The molecule has 0 fully saturated rings. The molecule has 9 heteroatoms. The summed E-state index contributed by atoms with van der Waals surface area (Å²) in [5.41, 5.74) is 9.40. The van der Waals surface area contributed by atoms with Crippen LogP contribution in [0.3, 0.4) is 0 Å². The van der Waals surface area contributed by atoms with Gasteiger partial charge in [0.25, 0.3) is 5.78 Å². The zero-order chi connectivity index (χ0) is 20.3. The summed E-state index contributed by atoms with van der Waals surface area (Å²) in [4.78, 5) is 32.0. The number of carbonyl (C=O) groups excluding carboxylic acids is 2. The predicted octanol–water partition coefficient (Wildman–Crippen LogP) is 1.79. The van der Waals surface area contributed by atoms with Gasteiger partial charge in [-0.1, -0.05) is 12.1 Å². The Labute approximate surface area is 161 Å². The van der Waals surface area contributed by atoms with Crippen molar-refractivity contribution < 1.29 is 19.1 Å². The zero-order valence-corrected chi connectivity index (χ0v) is 15.9. The minimum absolute atomic E-state index is 0.134. The minimum Gasteiger partial charge on any atom is -0.465 e. The lowest BCUT2D eigenvalue weighted by Gasteiger charge is -2.10. The molecule has 2 aromatic heterocycles. The van der Waals surface area contributed by atoms with Gasteiger partial charge < -0.3 is 15.2 Å². The summed E-state index contributed by atoms with van der Waals surface area (Å²) in [6, 6.07) is 6.71. The molecule has 0 saturated carbocycles. The Bertz CT molecular complexity index is 1030. The van der Waals surface area contributed by atoms with Crippen LogP contribution in [0.2, 0.25) is 0 Å². The number of aryl methyl sites for hydroxylation is 2. The first-order valence-corrected chi connectivity index (χ1v) is 8.70. The van der Waals surface area contributed by atoms with Crippen molar-refractivity contribution in [3.8, 4) is 0 Å². The third-order valence-electron chi connectivity index (χ3n) is 4.42. The Kier molecular flexibility index (Phi) is 5.53. The number of nitrogen functional groups attached to an aromatic ring is 1. The summed E-state index contributed by atoms with van der Waals surface area (Å²) in [7, 11) is 1.33. The summed E-state index contributed by atoms with van der Waals surface area (Å²) >= 11 is 0. The van der Waals surface area contributed by atoms with Gasteiger partial charge in [-0.05, 0) is 43.5 Å². The standard InChI is InChI=1S/C19H21N5O4/c1-11-15(12(2)24-19(21-11)22-18(20)23-24)8-9-16(25)28-10-13-4-6-14(7-5-13)17(26)27-3/h4-7H,8-10H2,1-3H3,(H2,20,23). The van der Waals surface area contributed by atoms with Gasteiger partial charge in [0.2, 0.25) is 5.95 Å². The van der Waals surface area contributed by atoms with Gasteiger partial charge in [-0.15, -0.1) is 5.10 Å². The van der Waals surface area contributed by atoms with E-state index >= 15 is 0 Å². The smallest absolute Gasteiger partial charge is 0.337 e. The molecule has 0 radical (unpaired) electrons. The first-order chi connectivity index (χ1) is 13.4. The number of ether oxygens (including phenoxy) is 2. The van der Waals surface area contributed by atoms with Crippen LogP contribution in [0.25, 0.3) is 5.78 Å². The van der Waals surface area contributed by atoms with E-state index in [2.05, 4.69) is 19.8 Å². The van der Waals surface area contributed by atoms with E-state index in [-0.39, 0.29) is 24.9 Å². The summed E-state index contributed by atoms with van der Waals surface area (Å²) in [6.07, 6.45) is 0.680. The van der Waals surface area contributed by atoms with Gasteiger partial charge in [0.1, 0.15) is 6.61 Å². The van der Waals surface area contributed by atoms with Gasteiger partial charge >= 0.3 is 11.9 Å². The maximum atomic E-state index is 12.1. The molecular weight excluding hydrogens is 362 g/mol. The molecule has 0 aliphatic carbocycles. The number of esters is 2. The van der Waals surface area contributed by atoms with E-state index in [4.69, 9.17) is 10.5 Å². The van der Waals surface area contributed by atoms with Crippen molar-refractivity contribution in [2.24, 2.45) is 0 Å². The minimum atomic E-state index is -0.408. The summed E-state index contributed by atoms with van der Waals surface area (Å²) in [5, 5.41) is 4.11. The lowest BCUT2D eigenvalue weighted by Crippen LogP contribution is -2.10. The Morgan fingerprint density at radius 3 is 2.54 bits per heavy atom. The normalized spacial score (nSPS) is 10.8. The summed E-state index contributed by atoms with van der Waals surface area (Å²) in [5.74, 6) is -0.137. The molecule has 28 heavy (non-hydrogen) atoms. The number of hydrogen-bond acceptors (Lipinski definition) is 8. The van der Waals surface area contributed by atoms with Crippen molar-refractivity contribution in [1.29, 1.82) is 0 Å². The van der Waals surface area contributed by atoms with E-state index < -0.39 is 5.97 Å². The maximum Gasteiger partial charge on any atom is 0.337 e. The van der Waals surface area contributed by atoms with Gasteiger partial charge in [-0.25, -0.2) is 9.78 Å². The third-order valence-corrected chi connectivity index (χ3v) is 4.42. The quantitative estimate of drug-likeness (QED) is 0.639. The number of rotatable bonds is 6. The average Bonchev–Trinajstić information content (AvgIpc) is 3.06. The fourth-order valence-corrected chi connectivity index (χ4v) is 2.90. The Balaban J connectivity index is 1.59. The molecule has 2 heterocycles. The van der Waals surface area contributed by atoms with Crippen LogP contribution >= 0.6 is 0 Å². The molecule has 3 aromatic rings. The van der Waals surface area contributed by atoms with Crippen LogP contribution in [0.5, 0.6) is 0 Å².